The number of amides is 1. The van der Waals surface area contributed by atoms with E-state index in [2.05, 4.69) is 31.5 Å². The molecule has 31 heavy (non-hydrogen) atoms. The van der Waals surface area contributed by atoms with E-state index >= 15 is 0 Å². The van der Waals surface area contributed by atoms with Gasteiger partial charge in [0.25, 0.3) is 5.91 Å². The summed E-state index contributed by atoms with van der Waals surface area (Å²) in [4.78, 5) is 21.1. The van der Waals surface area contributed by atoms with Crippen LogP contribution in [0, 0.1) is 0 Å². The minimum absolute atomic E-state index is 0.0764. The zero-order chi connectivity index (χ0) is 21.0. The summed E-state index contributed by atoms with van der Waals surface area (Å²) in [5, 5.41) is 14.0. The van der Waals surface area contributed by atoms with Crippen molar-refractivity contribution in [3.05, 3.63) is 84.7 Å². The number of benzene rings is 2. The zero-order valence-electron chi connectivity index (χ0n) is 17.0. The van der Waals surface area contributed by atoms with Gasteiger partial charge in [0, 0.05) is 37.9 Å². The summed E-state index contributed by atoms with van der Waals surface area (Å²) in [7, 11) is 0. The van der Waals surface area contributed by atoms with Crippen LogP contribution in [0.4, 0.5) is 17.3 Å². The predicted octanol–water partition coefficient (Wildman–Crippen LogP) is 3.73. The lowest BCUT2D eigenvalue weighted by Gasteiger charge is -2.35. The summed E-state index contributed by atoms with van der Waals surface area (Å²) < 4.78 is 0. The molecule has 5 rings (SSSR count). The number of carbonyl (C=O) groups excluding carboxylic acids is 1. The van der Waals surface area contributed by atoms with Crippen molar-refractivity contribution in [3.63, 3.8) is 0 Å². The Morgan fingerprint density at radius 2 is 1.68 bits per heavy atom. The molecule has 1 N–H and O–H groups in total. The van der Waals surface area contributed by atoms with E-state index in [1.54, 1.807) is 12.4 Å². The number of fused-ring (bicyclic) bond motifs is 1. The van der Waals surface area contributed by atoms with Crippen LogP contribution in [0.15, 0.2) is 79.1 Å². The Kier molecular flexibility index (Phi) is 5.14. The molecule has 0 saturated carbocycles. The minimum Gasteiger partial charge on any atom is -0.352 e. The molecule has 1 fully saturated rings. The molecule has 1 saturated heterocycles. The summed E-state index contributed by atoms with van der Waals surface area (Å²) >= 11 is 0. The molecule has 154 valence electrons. The molecular formula is C24H22N6O. The van der Waals surface area contributed by atoms with Crippen molar-refractivity contribution in [2.24, 2.45) is 0 Å². The van der Waals surface area contributed by atoms with Crippen molar-refractivity contribution in [1.82, 2.24) is 20.1 Å². The first-order chi connectivity index (χ1) is 15.3. The third kappa shape index (κ3) is 4.16. The summed E-state index contributed by atoms with van der Waals surface area (Å²) in [5.74, 6) is 1.56. The molecule has 4 aromatic rings. The molecule has 2 aromatic carbocycles. The molecule has 0 atom stereocenters. The molecule has 1 aliphatic rings. The van der Waals surface area contributed by atoms with Gasteiger partial charge in [-0.1, -0.05) is 30.3 Å². The van der Waals surface area contributed by atoms with Crippen LogP contribution in [0.1, 0.15) is 10.4 Å². The van der Waals surface area contributed by atoms with Crippen LogP contribution in [0.25, 0.3) is 10.8 Å². The van der Waals surface area contributed by atoms with E-state index in [4.69, 9.17) is 0 Å². The fourth-order valence-electron chi connectivity index (χ4n) is 3.79. The summed E-state index contributed by atoms with van der Waals surface area (Å²) in [6.07, 6.45) is 3.46. The number of pyridine rings is 1. The predicted molar refractivity (Wildman–Crippen MR) is 122 cm³/mol. The highest BCUT2D eigenvalue weighted by Crippen LogP contribution is 2.20. The van der Waals surface area contributed by atoms with Crippen LogP contribution in [-0.2, 0) is 0 Å². The Hall–Kier alpha value is -4.00. The molecule has 1 amide bonds. The van der Waals surface area contributed by atoms with Gasteiger partial charge < -0.3 is 15.1 Å². The van der Waals surface area contributed by atoms with E-state index in [-0.39, 0.29) is 5.91 Å². The summed E-state index contributed by atoms with van der Waals surface area (Å²) in [6.45, 7) is 2.76. The standard InChI is InChI=1S/C24H22N6O/c31-24(20-8-7-18-4-1-2-5-19(18)16-20)30-14-12-29(13-15-30)23-10-9-22(27-28-23)26-21-6-3-11-25-17-21/h1-11,16-17H,12-15H2,(H,26,27). The van der Waals surface area contributed by atoms with Crippen LogP contribution in [0.5, 0.6) is 0 Å². The Labute approximate surface area is 180 Å². The van der Waals surface area contributed by atoms with Gasteiger partial charge in [-0.15, -0.1) is 10.2 Å². The number of hydrogen-bond donors (Lipinski definition) is 1. The maximum atomic E-state index is 13.0. The number of nitrogens with one attached hydrogen (secondary N) is 1. The fraction of sp³-hybridized carbons (Fsp3) is 0.167. The lowest BCUT2D eigenvalue weighted by atomic mass is 10.1. The Morgan fingerprint density at radius 3 is 2.42 bits per heavy atom. The molecule has 0 unspecified atom stereocenters. The molecule has 3 heterocycles. The molecule has 0 spiro atoms. The smallest absolute Gasteiger partial charge is 0.253 e. The SMILES string of the molecule is O=C(c1ccc2ccccc2c1)N1CCN(c2ccc(Nc3cccnc3)nn2)CC1. The van der Waals surface area contributed by atoms with E-state index in [9.17, 15) is 4.79 Å². The van der Waals surface area contributed by atoms with E-state index in [1.807, 2.05) is 65.6 Å². The third-order valence-electron chi connectivity index (χ3n) is 5.47. The first kappa shape index (κ1) is 19.0. The first-order valence-corrected chi connectivity index (χ1v) is 10.3. The van der Waals surface area contributed by atoms with Gasteiger partial charge >= 0.3 is 0 Å². The highest BCUT2D eigenvalue weighted by atomic mass is 16.2. The van der Waals surface area contributed by atoms with Crippen molar-refractivity contribution in [2.75, 3.05) is 36.4 Å². The van der Waals surface area contributed by atoms with Crippen molar-refractivity contribution in [2.45, 2.75) is 0 Å². The Balaban J connectivity index is 1.21. The van der Waals surface area contributed by atoms with Gasteiger partial charge in [-0.3, -0.25) is 9.78 Å². The number of anilines is 3. The van der Waals surface area contributed by atoms with Gasteiger partial charge in [0.05, 0.1) is 11.9 Å². The molecule has 2 aromatic heterocycles. The number of nitrogens with zero attached hydrogens (tertiary/aromatic N) is 5. The average Bonchev–Trinajstić information content (AvgIpc) is 2.84. The zero-order valence-corrected chi connectivity index (χ0v) is 17.0. The quantitative estimate of drug-likeness (QED) is 0.553. The first-order valence-electron chi connectivity index (χ1n) is 10.3. The van der Waals surface area contributed by atoms with Crippen LogP contribution < -0.4 is 10.2 Å². The van der Waals surface area contributed by atoms with Gasteiger partial charge in [0.15, 0.2) is 11.6 Å². The second-order valence-electron chi connectivity index (χ2n) is 7.48. The molecule has 1 aliphatic heterocycles. The molecule has 0 radical (unpaired) electrons. The van der Waals surface area contributed by atoms with E-state index in [1.165, 1.54) is 0 Å². The largest absolute Gasteiger partial charge is 0.352 e. The Bertz CT molecular complexity index is 1190. The molecule has 0 bridgehead atoms. The fourth-order valence-corrected chi connectivity index (χ4v) is 3.79. The number of hydrogen-bond acceptors (Lipinski definition) is 6. The summed E-state index contributed by atoms with van der Waals surface area (Å²) in [6, 6.07) is 21.6. The van der Waals surface area contributed by atoms with Gasteiger partial charge in [0.1, 0.15) is 0 Å². The van der Waals surface area contributed by atoms with Gasteiger partial charge in [0.2, 0.25) is 0 Å². The second kappa shape index (κ2) is 8.39. The number of aromatic nitrogens is 3. The Morgan fingerprint density at radius 1 is 0.839 bits per heavy atom. The normalized spacial score (nSPS) is 13.9. The number of piperazine rings is 1. The lowest BCUT2D eigenvalue weighted by molar-refractivity contribution is 0.0746. The lowest BCUT2D eigenvalue weighted by Crippen LogP contribution is -2.49. The van der Waals surface area contributed by atoms with Gasteiger partial charge in [-0.2, -0.15) is 0 Å². The van der Waals surface area contributed by atoms with E-state index < -0.39 is 0 Å². The number of rotatable bonds is 4. The molecule has 7 nitrogen and oxygen atoms in total. The van der Waals surface area contributed by atoms with Gasteiger partial charge in [-0.05, 0) is 47.2 Å². The average molecular weight is 410 g/mol. The monoisotopic (exact) mass is 410 g/mol. The van der Waals surface area contributed by atoms with E-state index in [0.29, 0.717) is 18.9 Å². The molecule has 7 heteroatoms. The van der Waals surface area contributed by atoms with E-state index in [0.717, 1.165) is 40.9 Å². The van der Waals surface area contributed by atoms with Crippen LogP contribution in [0.2, 0.25) is 0 Å². The third-order valence-corrected chi connectivity index (χ3v) is 5.47. The molecule has 0 aliphatic carbocycles. The minimum atomic E-state index is 0.0764. The highest BCUT2D eigenvalue weighted by molar-refractivity contribution is 5.98. The van der Waals surface area contributed by atoms with Crippen LogP contribution in [0.3, 0.4) is 0 Å². The second-order valence-corrected chi connectivity index (χ2v) is 7.48. The van der Waals surface area contributed by atoms with Gasteiger partial charge in [-0.25, -0.2) is 0 Å². The van der Waals surface area contributed by atoms with Crippen molar-refractivity contribution in [3.8, 4) is 0 Å². The van der Waals surface area contributed by atoms with Crippen LogP contribution >= 0.6 is 0 Å². The van der Waals surface area contributed by atoms with Crippen molar-refractivity contribution in [1.29, 1.82) is 0 Å². The van der Waals surface area contributed by atoms with Crippen molar-refractivity contribution >= 4 is 34.0 Å². The maximum absolute atomic E-state index is 13.0. The number of carbonyl (C=O) groups is 1. The highest BCUT2D eigenvalue weighted by Gasteiger charge is 2.23. The summed E-state index contributed by atoms with van der Waals surface area (Å²) in [5.41, 5.74) is 1.60. The maximum Gasteiger partial charge on any atom is 0.253 e. The van der Waals surface area contributed by atoms with Crippen LogP contribution in [-0.4, -0.2) is 52.2 Å². The topological polar surface area (TPSA) is 74.2 Å². The van der Waals surface area contributed by atoms with Crippen molar-refractivity contribution < 1.29 is 4.79 Å². The molecular weight excluding hydrogens is 388 g/mol.